The molecule has 0 aromatic carbocycles. The fraction of sp³-hybridized carbons (Fsp3) is 0.909. The second-order valence-electron chi connectivity index (χ2n) is 4.85. The number of ether oxygens (including phenoxy) is 2. The van der Waals surface area contributed by atoms with Gasteiger partial charge in [0.15, 0.2) is 0 Å². The Bertz CT molecular complexity index is 204. The SMILES string of the molecule is CC(C)(C)OC(=O)CNC1CCOCC1. The van der Waals surface area contributed by atoms with Crippen molar-refractivity contribution in [3.05, 3.63) is 0 Å². The summed E-state index contributed by atoms with van der Waals surface area (Å²) < 4.78 is 10.4. The second-order valence-corrected chi connectivity index (χ2v) is 4.85. The number of carbonyl (C=O) groups excluding carboxylic acids is 1. The maximum Gasteiger partial charge on any atom is 0.320 e. The molecule has 0 saturated carbocycles. The average Bonchev–Trinajstić information content (AvgIpc) is 2.14. The molecule has 0 aliphatic carbocycles. The highest BCUT2D eigenvalue weighted by Gasteiger charge is 2.18. The first-order valence-electron chi connectivity index (χ1n) is 5.50. The van der Waals surface area contributed by atoms with E-state index >= 15 is 0 Å². The highest BCUT2D eigenvalue weighted by Crippen LogP contribution is 2.08. The summed E-state index contributed by atoms with van der Waals surface area (Å²) in [6.07, 6.45) is 1.95. The number of nitrogens with one attached hydrogen (secondary N) is 1. The van der Waals surface area contributed by atoms with Crippen molar-refractivity contribution in [1.82, 2.24) is 5.32 Å². The van der Waals surface area contributed by atoms with Gasteiger partial charge in [0.2, 0.25) is 0 Å². The molecule has 0 aromatic rings. The summed E-state index contributed by atoms with van der Waals surface area (Å²) in [7, 11) is 0. The van der Waals surface area contributed by atoms with Gasteiger partial charge in [-0.15, -0.1) is 0 Å². The Kier molecular flexibility index (Phi) is 4.54. The normalized spacial score (nSPS) is 18.9. The monoisotopic (exact) mass is 215 g/mol. The summed E-state index contributed by atoms with van der Waals surface area (Å²) in [5.74, 6) is -0.186. The molecule has 1 aliphatic heterocycles. The van der Waals surface area contributed by atoms with Gasteiger partial charge in [0.1, 0.15) is 5.60 Å². The minimum absolute atomic E-state index is 0.186. The maximum absolute atomic E-state index is 11.4. The molecule has 4 heteroatoms. The summed E-state index contributed by atoms with van der Waals surface area (Å²) in [6, 6.07) is 0.395. The van der Waals surface area contributed by atoms with Crippen molar-refractivity contribution >= 4 is 5.97 Å². The van der Waals surface area contributed by atoms with Gasteiger partial charge in [-0.2, -0.15) is 0 Å². The smallest absolute Gasteiger partial charge is 0.320 e. The molecule has 1 rings (SSSR count). The van der Waals surface area contributed by atoms with Crippen LogP contribution in [0, 0.1) is 0 Å². The number of rotatable bonds is 3. The number of carbonyl (C=O) groups is 1. The van der Waals surface area contributed by atoms with E-state index in [-0.39, 0.29) is 5.97 Å². The first kappa shape index (κ1) is 12.5. The molecule has 0 aromatic heterocycles. The van der Waals surface area contributed by atoms with E-state index in [1.165, 1.54) is 0 Å². The van der Waals surface area contributed by atoms with E-state index in [1.807, 2.05) is 20.8 Å². The predicted octanol–water partition coefficient (Wildman–Crippen LogP) is 1.10. The topological polar surface area (TPSA) is 47.6 Å². The largest absolute Gasteiger partial charge is 0.459 e. The molecule has 1 saturated heterocycles. The Hall–Kier alpha value is -0.610. The van der Waals surface area contributed by atoms with Gasteiger partial charge in [0.25, 0.3) is 0 Å². The zero-order valence-electron chi connectivity index (χ0n) is 9.84. The molecule has 1 fully saturated rings. The van der Waals surface area contributed by atoms with Crippen LogP contribution < -0.4 is 5.32 Å². The van der Waals surface area contributed by atoms with Crippen LogP contribution in [0.3, 0.4) is 0 Å². The molecular weight excluding hydrogens is 194 g/mol. The van der Waals surface area contributed by atoms with Crippen LogP contribution in [0.25, 0.3) is 0 Å². The lowest BCUT2D eigenvalue weighted by Gasteiger charge is -2.24. The van der Waals surface area contributed by atoms with Crippen LogP contribution in [-0.4, -0.2) is 37.4 Å². The van der Waals surface area contributed by atoms with Crippen LogP contribution in [0.5, 0.6) is 0 Å². The first-order chi connectivity index (χ1) is 6.97. The highest BCUT2D eigenvalue weighted by atomic mass is 16.6. The molecule has 1 aliphatic rings. The molecule has 0 bridgehead atoms. The Labute approximate surface area is 91.3 Å². The lowest BCUT2D eigenvalue weighted by atomic mass is 10.1. The molecule has 0 unspecified atom stereocenters. The Morgan fingerprint density at radius 2 is 2.00 bits per heavy atom. The number of esters is 1. The summed E-state index contributed by atoms with van der Waals surface area (Å²) in [5, 5.41) is 3.19. The van der Waals surface area contributed by atoms with Gasteiger partial charge in [-0.25, -0.2) is 0 Å². The zero-order valence-corrected chi connectivity index (χ0v) is 9.84. The van der Waals surface area contributed by atoms with Gasteiger partial charge >= 0.3 is 5.97 Å². The lowest BCUT2D eigenvalue weighted by molar-refractivity contribution is -0.153. The first-order valence-corrected chi connectivity index (χ1v) is 5.50. The molecule has 1 heterocycles. The summed E-state index contributed by atoms with van der Waals surface area (Å²) in [6.45, 7) is 7.48. The third kappa shape index (κ3) is 5.74. The van der Waals surface area contributed by atoms with Gasteiger partial charge in [0, 0.05) is 19.3 Å². The van der Waals surface area contributed by atoms with E-state index in [9.17, 15) is 4.79 Å². The van der Waals surface area contributed by atoms with Crippen molar-refractivity contribution in [3.63, 3.8) is 0 Å². The lowest BCUT2D eigenvalue weighted by Crippen LogP contribution is -2.40. The van der Waals surface area contributed by atoms with Gasteiger partial charge in [0.05, 0.1) is 6.54 Å². The van der Waals surface area contributed by atoms with Gasteiger partial charge in [-0.1, -0.05) is 0 Å². The fourth-order valence-electron chi connectivity index (χ4n) is 1.51. The third-order valence-corrected chi connectivity index (χ3v) is 2.18. The van der Waals surface area contributed by atoms with Gasteiger partial charge in [-0.05, 0) is 33.6 Å². The van der Waals surface area contributed by atoms with E-state index in [0.717, 1.165) is 26.1 Å². The van der Waals surface area contributed by atoms with E-state index in [2.05, 4.69) is 5.32 Å². The molecular formula is C11H21NO3. The van der Waals surface area contributed by atoms with E-state index in [0.29, 0.717) is 12.6 Å². The molecule has 0 radical (unpaired) electrons. The Morgan fingerprint density at radius 1 is 1.40 bits per heavy atom. The van der Waals surface area contributed by atoms with Crippen LogP contribution in [-0.2, 0) is 14.3 Å². The average molecular weight is 215 g/mol. The molecule has 0 atom stereocenters. The van der Waals surface area contributed by atoms with Crippen molar-refractivity contribution in [1.29, 1.82) is 0 Å². The molecule has 4 nitrogen and oxygen atoms in total. The molecule has 0 spiro atoms. The van der Waals surface area contributed by atoms with Crippen LogP contribution in [0.15, 0.2) is 0 Å². The third-order valence-electron chi connectivity index (χ3n) is 2.18. The molecule has 0 amide bonds. The van der Waals surface area contributed by atoms with Crippen molar-refractivity contribution in [2.45, 2.75) is 45.3 Å². The van der Waals surface area contributed by atoms with E-state index in [4.69, 9.17) is 9.47 Å². The van der Waals surface area contributed by atoms with Crippen LogP contribution in [0.4, 0.5) is 0 Å². The summed E-state index contributed by atoms with van der Waals surface area (Å²) in [5.41, 5.74) is -0.394. The van der Waals surface area contributed by atoms with E-state index < -0.39 is 5.60 Å². The van der Waals surface area contributed by atoms with Crippen LogP contribution in [0.2, 0.25) is 0 Å². The zero-order chi connectivity index (χ0) is 11.3. The minimum atomic E-state index is -0.394. The Balaban J connectivity index is 2.15. The minimum Gasteiger partial charge on any atom is -0.459 e. The highest BCUT2D eigenvalue weighted by molar-refractivity contribution is 5.72. The standard InChI is InChI=1S/C11H21NO3/c1-11(2,3)15-10(13)8-12-9-4-6-14-7-5-9/h9,12H,4-8H2,1-3H3. The Morgan fingerprint density at radius 3 is 2.53 bits per heavy atom. The molecule has 88 valence electrons. The van der Waals surface area contributed by atoms with Crippen molar-refractivity contribution < 1.29 is 14.3 Å². The molecule has 1 N–H and O–H groups in total. The van der Waals surface area contributed by atoms with Crippen molar-refractivity contribution in [3.8, 4) is 0 Å². The quantitative estimate of drug-likeness (QED) is 0.716. The van der Waals surface area contributed by atoms with Crippen LogP contribution in [0.1, 0.15) is 33.6 Å². The van der Waals surface area contributed by atoms with Crippen molar-refractivity contribution in [2.75, 3.05) is 19.8 Å². The van der Waals surface area contributed by atoms with E-state index in [1.54, 1.807) is 0 Å². The van der Waals surface area contributed by atoms with Crippen LogP contribution >= 0.6 is 0 Å². The van der Waals surface area contributed by atoms with Gasteiger partial charge in [-0.3, -0.25) is 4.79 Å². The maximum atomic E-state index is 11.4. The number of hydrogen-bond acceptors (Lipinski definition) is 4. The molecule has 15 heavy (non-hydrogen) atoms. The van der Waals surface area contributed by atoms with Gasteiger partial charge < -0.3 is 14.8 Å². The fourth-order valence-corrected chi connectivity index (χ4v) is 1.51. The number of hydrogen-bond donors (Lipinski definition) is 1. The predicted molar refractivity (Wildman–Crippen MR) is 57.7 cm³/mol. The summed E-state index contributed by atoms with van der Waals surface area (Å²) >= 11 is 0. The second kappa shape index (κ2) is 5.47. The summed E-state index contributed by atoms with van der Waals surface area (Å²) in [4.78, 5) is 11.4. The van der Waals surface area contributed by atoms with Crippen molar-refractivity contribution in [2.24, 2.45) is 0 Å².